The Labute approximate surface area is 187 Å². The molecule has 0 fully saturated rings. The number of para-hydroxylation sites is 1. The minimum absolute atomic E-state index is 0.470. The zero-order valence-electron chi connectivity index (χ0n) is 17.5. The standard InChI is InChI=1S/C25H22N4O2S/c1-32(30,31)29-24(17-23(26-29)19-11-5-2-6-12-19)22-18-28(21-15-9-4-10-16-21)27-25(22)20-13-7-3-8-14-20/h2-16,18,24H,17H2,1H3/t24-/m0/s1. The van der Waals surface area contributed by atoms with Crippen molar-refractivity contribution >= 4 is 15.7 Å². The maximum absolute atomic E-state index is 12.7. The molecule has 3 aromatic carbocycles. The third-order valence-corrected chi connectivity index (χ3v) is 6.50. The average molecular weight is 443 g/mol. The summed E-state index contributed by atoms with van der Waals surface area (Å²) in [6, 6.07) is 28.8. The van der Waals surface area contributed by atoms with Gasteiger partial charge in [-0.1, -0.05) is 78.9 Å². The normalized spacial score (nSPS) is 16.2. The Morgan fingerprint density at radius 1 is 0.812 bits per heavy atom. The molecule has 2 heterocycles. The van der Waals surface area contributed by atoms with Gasteiger partial charge in [-0.2, -0.15) is 14.6 Å². The molecule has 0 N–H and O–H groups in total. The van der Waals surface area contributed by atoms with E-state index in [9.17, 15) is 8.42 Å². The van der Waals surface area contributed by atoms with Crippen molar-refractivity contribution in [1.29, 1.82) is 0 Å². The Balaban J connectivity index is 1.65. The molecule has 0 spiro atoms. The van der Waals surface area contributed by atoms with Gasteiger partial charge in [0, 0.05) is 23.7 Å². The van der Waals surface area contributed by atoms with Gasteiger partial charge >= 0.3 is 0 Å². The zero-order chi connectivity index (χ0) is 22.1. The van der Waals surface area contributed by atoms with Gasteiger partial charge in [0.25, 0.3) is 0 Å². The van der Waals surface area contributed by atoms with Crippen molar-refractivity contribution in [2.24, 2.45) is 5.10 Å². The number of sulfonamides is 1. The van der Waals surface area contributed by atoms with Crippen molar-refractivity contribution < 1.29 is 8.42 Å². The van der Waals surface area contributed by atoms with Crippen molar-refractivity contribution in [3.63, 3.8) is 0 Å². The van der Waals surface area contributed by atoms with Crippen molar-refractivity contribution in [1.82, 2.24) is 14.2 Å². The first kappa shape index (κ1) is 20.2. The fourth-order valence-electron chi connectivity index (χ4n) is 4.00. The Morgan fingerprint density at radius 2 is 1.38 bits per heavy atom. The molecule has 1 aliphatic heterocycles. The van der Waals surface area contributed by atoms with Gasteiger partial charge in [0.05, 0.1) is 29.4 Å². The van der Waals surface area contributed by atoms with Crippen molar-refractivity contribution in [2.45, 2.75) is 12.5 Å². The van der Waals surface area contributed by atoms with Crippen LogP contribution in [-0.4, -0.2) is 34.6 Å². The van der Waals surface area contributed by atoms with E-state index >= 15 is 0 Å². The number of benzene rings is 3. The molecule has 160 valence electrons. The van der Waals surface area contributed by atoms with E-state index in [1.165, 1.54) is 10.7 Å². The van der Waals surface area contributed by atoms with Crippen molar-refractivity contribution in [2.75, 3.05) is 6.26 Å². The predicted octanol–water partition coefficient (Wildman–Crippen LogP) is 4.65. The van der Waals surface area contributed by atoms with E-state index in [0.717, 1.165) is 33.8 Å². The van der Waals surface area contributed by atoms with Gasteiger partial charge in [0.1, 0.15) is 0 Å². The highest BCUT2D eigenvalue weighted by molar-refractivity contribution is 7.88. The molecule has 0 bridgehead atoms. The molecule has 6 nitrogen and oxygen atoms in total. The highest BCUT2D eigenvalue weighted by atomic mass is 32.2. The Kier molecular flexibility index (Phi) is 5.11. The SMILES string of the molecule is CS(=O)(=O)N1N=C(c2ccccc2)C[C@H]1c1cn(-c2ccccc2)nc1-c1ccccc1. The quantitative estimate of drug-likeness (QED) is 0.452. The summed E-state index contributed by atoms with van der Waals surface area (Å²) >= 11 is 0. The third kappa shape index (κ3) is 3.83. The van der Waals surface area contributed by atoms with Crippen LogP contribution in [-0.2, 0) is 10.0 Å². The summed E-state index contributed by atoms with van der Waals surface area (Å²) in [7, 11) is -3.59. The molecule has 5 rings (SSSR count). The first-order valence-corrected chi connectivity index (χ1v) is 12.2. The van der Waals surface area contributed by atoms with Gasteiger partial charge in [-0.25, -0.2) is 13.1 Å². The summed E-state index contributed by atoms with van der Waals surface area (Å²) in [4.78, 5) is 0. The maximum atomic E-state index is 12.7. The average Bonchev–Trinajstić information content (AvgIpc) is 3.46. The first-order valence-electron chi connectivity index (χ1n) is 10.3. The Hall–Kier alpha value is -3.71. The van der Waals surface area contributed by atoms with Gasteiger partial charge in [-0.3, -0.25) is 0 Å². The van der Waals surface area contributed by atoms with E-state index in [1.807, 2.05) is 97.2 Å². The second-order valence-corrected chi connectivity index (χ2v) is 9.59. The molecule has 1 atom stereocenters. The van der Waals surface area contributed by atoms with E-state index in [0.29, 0.717) is 6.42 Å². The molecule has 0 radical (unpaired) electrons. The largest absolute Gasteiger partial charge is 0.247 e. The molecule has 32 heavy (non-hydrogen) atoms. The minimum Gasteiger partial charge on any atom is -0.240 e. The Bertz CT molecular complexity index is 1370. The van der Waals surface area contributed by atoms with Crippen LogP contribution in [0.25, 0.3) is 16.9 Å². The number of hydrazone groups is 1. The number of aromatic nitrogens is 2. The fraction of sp³-hybridized carbons (Fsp3) is 0.120. The van der Waals surface area contributed by atoms with Crippen LogP contribution < -0.4 is 0 Å². The molecule has 0 saturated heterocycles. The lowest BCUT2D eigenvalue weighted by Crippen LogP contribution is -2.26. The molecule has 4 aromatic rings. The summed E-state index contributed by atoms with van der Waals surface area (Å²) in [5.74, 6) is 0. The van der Waals surface area contributed by atoms with Crippen LogP contribution in [0.3, 0.4) is 0 Å². The predicted molar refractivity (Wildman–Crippen MR) is 126 cm³/mol. The van der Waals surface area contributed by atoms with Gasteiger partial charge < -0.3 is 0 Å². The number of hydrogen-bond donors (Lipinski definition) is 0. The fourth-order valence-corrected chi connectivity index (χ4v) is 4.89. The molecule has 0 saturated carbocycles. The summed E-state index contributed by atoms with van der Waals surface area (Å²) in [6.45, 7) is 0. The Morgan fingerprint density at radius 3 is 1.97 bits per heavy atom. The smallest absolute Gasteiger partial charge is 0.240 e. The van der Waals surface area contributed by atoms with E-state index in [2.05, 4.69) is 5.10 Å². The monoisotopic (exact) mass is 442 g/mol. The minimum atomic E-state index is -3.59. The first-order chi connectivity index (χ1) is 15.5. The lowest BCUT2D eigenvalue weighted by molar-refractivity contribution is 0.375. The van der Waals surface area contributed by atoms with E-state index < -0.39 is 16.1 Å². The number of rotatable bonds is 5. The summed E-state index contributed by atoms with van der Waals surface area (Å²) in [5.41, 5.74) is 5.06. The second kappa shape index (κ2) is 8.09. The lowest BCUT2D eigenvalue weighted by Gasteiger charge is -2.21. The summed E-state index contributed by atoms with van der Waals surface area (Å²) in [5, 5.41) is 9.38. The number of nitrogens with zero attached hydrogens (tertiary/aromatic N) is 4. The molecule has 7 heteroatoms. The van der Waals surface area contributed by atoms with Crippen LogP contribution in [0.2, 0.25) is 0 Å². The van der Waals surface area contributed by atoms with Crippen LogP contribution in [0.4, 0.5) is 0 Å². The summed E-state index contributed by atoms with van der Waals surface area (Å²) < 4.78 is 28.5. The van der Waals surface area contributed by atoms with Crippen LogP contribution in [0.5, 0.6) is 0 Å². The van der Waals surface area contributed by atoms with E-state index in [4.69, 9.17) is 5.10 Å². The van der Waals surface area contributed by atoms with Crippen LogP contribution in [0, 0.1) is 0 Å². The van der Waals surface area contributed by atoms with Crippen molar-refractivity contribution in [3.05, 3.63) is 108 Å². The highest BCUT2D eigenvalue weighted by Crippen LogP contribution is 2.39. The summed E-state index contributed by atoms with van der Waals surface area (Å²) in [6.07, 6.45) is 3.59. The van der Waals surface area contributed by atoms with Crippen LogP contribution in [0.15, 0.2) is 102 Å². The topological polar surface area (TPSA) is 67.6 Å². The second-order valence-electron chi connectivity index (χ2n) is 7.75. The van der Waals surface area contributed by atoms with E-state index in [-0.39, 0.29) is 0 Å². The molecular weight excluding hydrogens is 420 g/mol. The third-order valence-electron chi connectivity index (χ3n) is 5.49. The highest BCUT2D eigenvalue weighted by Gasteiger charge is 2.37. The van der Waals surface area contributed by atoms with Gasteiger partial charge in [-0.05, 0) is 17.7 Å². The molecule has 1 aromatic heterocycles. The zero-order valence-corrected chi connectivity index (χ0v) is 18.4. The van der Waals surface area contributed by atoms with Crippen LogP contribution >= 0.6 is 0 Å². The molecule has 0 unspecified atom stereocenters. The van der Waals surface area contributed by atoms with E-state index in [1.54, 1.807) is 4.68 Å². The maximum Gasteiger partial charge on any atom is 0.247 e. The van der Waals surface area contributed by atoms with Gasteiger partial charge in [0.2, 0.25) is 10.0 Å². The molecule has 0 amide bonds. The molecule has 0 aliphatic carbocycles. The molecule has 1 aliphatic rings. The molecular formula is C25H22N4O2S. The lowest BCUT2D eigenvalue weighted by atomic mass is 9.97. The van der Waals surface area contributed by atoms with Gasteiger partial charge in [0.15, 0.2) is 0 Å². The van der Waals surface area contributed by atoms with Gasteiger partial charge in [-0.15, -0.1) is 0 Å². The van der Waals surface area contributed by atoms with Crippen LogP contribution in [0.1, 0.15) is 23.6 Å². The van der Waals surface area contributed by atoms with Crippen molar-refractivity contribution in [3.8, 4) is 16.9 Å². The number of hydrogen-bond acceptors (Lipinski definition) is 4.